The SMILES string of the molecule is CCCn1ccnc1CNc1cccc(OCC(N)=O)c1. The van der Waals surface area contributed by atoms with Crippen molar-refractivity contribution in [1.82, 2.24) is 9.55 Å². The Morgan fingerprint density at radius 3 is 3.10 bits per heavy atom. The van der Waals surface area contributed by atoms with Crippen LogP contribution in [0.2, 0.25) is 0 Å². The van der Waals surface area contributed by atoms with Gasteiger partial charge in [0.2, 0.25) is 0 Å². The topological polar surface area (TPSA) is 82.2 Å². The summed E-state index contributed by atoms with van der Waals surface area (Å²) in [6, 6.07) is 7.41. The Kier molecular flexibility index (Phi) is 5.20. The minimum atomic E-state index is -0.491. The number of primary amides is 1. The lowest BCUT2D eigenvalue weighted by atomic mass is 10.3. The molecule has 0 bridgehead atoms. The van der Waals surface area contributed by atoms with Crippen LogP contribution in [0.1, 0.15) is 19.2 Å². The van der Waals surface area contributed by atoms with Crippen molar-refractivity contribution < 1.29 is 9.53 Å². The zero-order valence-electron chi connectivity index (χ0n) is 12.1. The Morgan fingerprint density at radius 1 is 1.48 bits per heavy atom. The highest BCUT2D eigenvalue weighted by molar-refractivity contribution is 5.75. The fourth-order valence-corrected chi connectivity index (χ4v) is 1.98. The first-order valence-electron chi connectivity index (χ1n) is 6.94. The van der Waals surface area contributed by atoms with Gasteiger partial charge in [0, 0.05) is 30.7 Å². The van der Waals surface area contributed by atoms with Crippen molar-refractivity contribution in [3.63, 3.8) is 0 Å². The van der Waals surface area contributed by atoms with Crippen LogP contribution < -0.4 is 15.8 Å². The Morgan fingerprint density at radius 2 is 2.33 bits per heavy atom. The number of carbonyl (C=O) groups is 1. The van der Waals surface area contributed by atoms with Gasteiger partial charge in [0.15, 0.2) is 6.61 Å². The number of amides is 1. The van der Waals surface area contributed by atoms with Crippen molar-refractivity contribution in [2.24, 2.45) is 5.73 Å². The molecule has 0 aliphatic rings. The van der Waals surface area contributed by atoms with E-state index < -0.39 is 5.91 Å². The molecule has 112 valence electrons. The molecule has 0 saturated carbocycles. The van der Waals surface area contributed by atoms with Crippen molar-refractivity contribution >= 4 is 11.6 Å². The maximum atomic E-state index is 10.7. The minimum Gasteiger partial charge on any atom is -0.484 e. The number of ether oxygens (including phenoxy) is 1. The number of hydrogen-bond acceptors (Lipinski definition) is 4. The number of rotatable bonds is 8. The number of hydrogen-bond donors (Lipinski definition) is 2. The first-order valence-corrected chi connectivity index (χ1v) is 6.94. The van der Waals surface area contributed by atoms with Gasteiger partial charge in [-0.2, -0.15) is 0 Å². The molecule has 1 aromatic heterocycles. The van der Waals surface area contributed by atoms with E-state index in [9.17, 15) is 4.79 Å². The van der Waals surface area contributed by atoms with Crippen molar-refractivity contribution in [3.05, 3.63) is 42.5 Å². The molecule has 3 N–H and O–H groups in total. The first-order chi connectivity index (χ1) is 10.2. The van der Waals surface area contributed by atoms with Gasteiger partial charge in [-0.05, 0) is 18.6 Å². The Bertz CT molecular complexity index is 595. The summed E-state index contributed by atoms with van der Waals surface area (Å²) in [5.41, 5.74) is 5.96. The maximum absolute atomic E-state index is 10.7. The molecule has 6 nitrogen and oxygen atoms in total. The summed E-state index contributed by atoms with van der Waals surface area (Å²) in [6.45, 7) is 3.60. The van der Waals surface area contributed by atoms with Crippen LogP contribution in [0.3, 0.4) is 0 Å². The van der Waals surface area contributed by atoms with E-state index in [1.165, 1.54) is 0 Å². The molecule has 0 aliphatic carbocycles. The Labute approximate surface area is 123 Å². The van der Waals surface area contributed by atoms with Crippen LogP contribution in [0.4, 0.5) is 5.69 Å². The van der Waals surface area contributed by atoms with Gasteiger partial charge in [0.25, 0.3) is 5.91 Å². The molecule has 6 heteroatoms. The number of carbonyl (C=O) groups excluding carboxylic acids is 1. The molecule has 1 heterocycles. The number of nitrogens with one attached hydrogen (secondary N) is 1. The van der Waals surface area contributed by atoms with E-state index in [4.69, 9.17) is 10.5 Å². The second-order valence-electron chi connectivity index (χ2n) is 4.67. The van der Waals surface area contributed by atoms with Gasteiger partial charge < -0.3 is 20.4 Å². The second-order valence-corrected chi connectivity index (χ2v) is 4.67. The van der Waals surface area contributed by atoms with Crippen molar-refractivity contribution in [2.45, 2.75) is 26.4 Å². The summed E-state index contributed by atoms with van der Waals surface area (Å²) in [4.78, 5) is 15.0. The number of aryl methyl sites for hydroxylation is 1. The fraction of sp³-hybridized carbons (Fsp3) is 0.333. The minimum absolute atomic E-state index is 0.121. The molecule has 2 aromatic rings. The van der Waals surface area contributed by atoms with Crippen LogP contribution in [0.15, 0.2) is 36.7 Å². The smallest absolute Gasteiger partial charge is 0.255 e. The number of imidazole rings is 1. The van der Waals surface area contributed by atoms with Gasteiger partial charge in [-0.1, -0.05) is 13.0 Å². The lowest BCUT2D eigenvalue weighted by Crippen LogP contribution is -2.20. The standard InChI is InChI=1S/C15H20N4O2/c1-2-7-19-8-6-17-15(19)10-18-12-4-3-5-13(9-12)21-11-14(16)20/h3-6,8-9,18H,2,7,10-11H2,1H3,(H2,16,20). The number of nitrogens with two attached hydrogens (primary N) is 1. The van der Waals surface area contributed by atoms with Crippen LogP contribution in [0.25, 0.3) is 0 Å². The van der Waals surface area contributed by atoms with Crippen LogP contribution in [0, 0.1) is 0 Å². The molecule has 0 fully saturated rings. The van der Waals surface area contributed by atoms with Crippen molar-refractivity contribution in [3.8, 4) is 5.75 Å². The summed E-state index contributed by atoms with van der Waals surface area (Å²) in [6.07, 6.45) is 4.85. The summed E-state index contributed by atoms with van der Waals surface area (Å²) in [5, 5.41) is 3.29. The predicted octanol–water partition coefficient (Wildman–Crippen LogP) is 1.77. The maximum Gasteiger partial charge on any atom is 0.255 e. The molecule has 0 unspecified atom stereocenters. The van der Waals surface area contributed by atoms with E-state index in [-0.39, 0.29) is 6.61 Å². The second kappa shape index (κ2) is 7.33. The third-order valence-corrected chi connectivity index (χ3v) is 2.93. The van der Waals surface area contributed by atoms with Gasteiger partial charge >= 0.3 is 0 Å². The van der Waals surface area contributed by atoms with Gasteiger partial charge in [0.05, 0.1) is 6.54 Å². The van der Waals surface area contributed by atoms with Gasteiger partial charge in [0.1, 0.15) is 11.6 Å². The normalized spacial score (nSPS) is 10.3. The number of aromatic nitrogens is 2. The highest BCUT2D eigenvalue weighted by Crippen LogP contribution is 2.17. The monoisotopic (exact) mass is 288 g/mol. The number of benzene rings is 1. The largest absolute Gasteiger partial charge is 0.484 e. The lowest BCUT2D eigenvalue weighted by Gasteiger charge is -2.10. The average Bonchev–Trinajstić information content (AvgIpc) is 2.91. The third kappa shape index (κ3) is 4.52. The average molecular weight is 288 g/mol. The molecule has 1 amide bonds. The van der Waals surface area contributed by atoms with E-state index in [2.05, 4.69) is 21.8 Å². The van der Waals surface area contributed by atoms with Gasteiger partial charge in [-0.3, -0.25) is 4.79 Å². The molecular weight excluding hydrogens is 268 g/mol. The molecule has 0 radical (unpaired) electrons. The highest BCUT2D eigenvalue weighted by Gasteiger charge is 2.03. The first kappa shape index (κ1) is 14.9. The molecule has 0 spiro atoms. The van der Waals surface area contributed by atoms with Crippen molar-refractivity contribution in [1.29, 1.82) is 0 Å². The Balaban J connectivity index is 1.95. The summed E-state index contributed by atoms with van der Waals surface area (Å²) in [5.74, 6) is 1.10. The molecule has 0 aliphatic heterocycles. The van der Waals surface area contributed by atoms with E-state index in [0.717, 1.165) is 24.5 Å². The quantitative estimate of drug-likeness (QED) is 0.775. The fourth-order valence-electron chi connectivity index (χ4n) is 1.98. The van der Waals surface area contributed by atoms with Gasteiger partial charge in [-0.15, -0.1) is 0 Å². The summed E-state index contributed by atoms with van der Waals surface area (Å²) < 4.78 is 7.40. The molecular formula is C15H20N4O2. The van der Waals surface area contributed by atoms with Crippen LogP contribution in [-0.4, -0.2) is 22.1 Å². The lowest BCUT2D eigenvalue weighted by molar-refractivity contribution is -0.119. The molecule has 0 saturated heterocycles. The number of anilines is 1. The van der Waals surface area contributed by atoms with Crippen LogP contribution >= 0.6 is 0 Å². The molecule has 21 heavy (non-hydrogen) atoms. The number of nitrogens with zero attached hydrogens (tertiary/aromatic N) is 2. The van der Waals surface area contributed by atoms with E-state index >= 15 is 0 Å². The highest BCUT2D eigenvalue weighted by atomic mass is 16.5. The van der Waals surface area contributed by atoms with E-state index in [1.54, 1.807) is 12.3 Å². The predicted molar refractivity (Wildman–Crippen MR) is 81.0 cm³/mol. The molecule has 2 rings (SSSR count). The zero-order valence-corrected chi connectivity index (χ0v) is 12.1. The zero-order chi connectivity index (χ0) is 15.1. The van der Waals surface area contributed by atoms with Gasteiger partial charge in [-0.25, -0.2) is 4.98 Å². The van der Waals surface area contributed by atoms with Crippen LogP contribution in [0.5, 0.6) is 5.75 Å². The molecule has 1 aromatic carbocycles. The van der Waals surface area contributed by atoms with E-state index in [0.29, 0.717) is 12.3 Å². The summed E-state index contributed by atoms with van der Waals surface area (Å²) >= 11 is 0. The molecule has 0 atom stereocenters. The van der Waals surface area contributed by atoms with E-state index in [1.807, 2.05) is 24.4 Å². The third-order valence-electron chi connectivity index (χ3n) is 2.93. The summed E-state index contributed by atoms with van der Waals surface area (Å²) in [7, 11) is 0. The van der Waals surface area contributed by atoms with Crippen LogP contribution in [-0.2, 0) is 17.9 Å². The Hall–Kier alpha value is -2.50. The van der Waals surface area contributed by atoms with Crippen molar-refractivity contribution in [2.75, 3.05) is 11.9 Å².